The molecule has 2 aromatic carbocycles. The van der Waals surface area contributed by atoms with Gasteiger partial charge in [0.25, 0.3) is 0 Å². The summed E-state index contributed by atoms with van der Waals surface area (Å²) in [6.07, 6.45) is -0.827. The maximum Gasteiger partial charge on any atom is 0.229 e. The van der Waals surface area contributed by atoms with Gasteiger partial charge in [-0.1, -0.05) is 32.9 Å². The van der Waals surface area contributed by atoms with Crippen LogP contribution < -0.4 is 10.1 Å². The number of ether oxygens (including phenoxy) is 1. The van der Waals surface area contributed by atoms with Crippen molar-refractivity contribution in [3.05, 3.63) is 59.9 Å². The van der Waals surface area contributed by atoms with Crippen LogP contribution in [0.1, 0.15) is 38.1 Å². The second kappa shape index (κ2) is 7.47. The Kier molecular flexibility index (Phi) is 5.57. The minimum absolute atomic E-state index is 0.0393. The first kappa shape index (κ1) is 18.6. The summed E-state index contributed by atoms with van der Waals surface area (Å²) >= 11 is 0. The molecule has 2 aromatic rings. The van der Waals surface area contributed by atoms with E-state index < -0.39 is 17.3 Å². The van der Waals surface area contributed by atoms with Crippen LogP contribution in [0.3, 0.4) is 0 Å². The molecule has 0 bridgehead atoms. The zero-order chi connectivity index (χ0) is 18.6. The number of hydrogen-bond acceptors (Lipinski definition) is 3. The van der Waals surface area contributed by atoms with Gasteiger partial charge in [-0.05, 0) is 43.3 Å². The number of ketones is 1. The first-order valence-electron chi connectivity index (χ1n) is 8.05. The predicted octanol–water partition coefficient (Wildman–Crippen LogP) is 4.46. The molecule has 0 aliphatic heterocycles. The van der Waals surface area contributed by atoms with Crippen molar-refractivity contribution in [1.82, 2.24) is 0 Å². The van der Waals surface area contributed by atoms with E-state index in [1.165, 1.54) is 12.1 Å². The summed E-state index contributed by atoms with van der Waals surface area (Å²) in [4.78, 5) is 24.4. The van der Waals surface area contributed by atoms with Gasteiger partial charge in [0.05, 0.1) is 0 Å². The first-order chi connectivity index (χ1) is 11.7. The summed E-state index contributed by atoms with van der Waals surface area (Å²) in [7, 11) is 0. The van der Waals surface area contributed by atoms with Gasteiger partial charge in [-0.25, -0.2) is 4.39 Å². The van der Waals surface area contributed by atoms with Crippen molar-refractivity contribution >= 4 is 17.4 Å². The van der Waals surface area contributed by atoms with Crippen molar-refractivity contribution in [1.29, 1.82) is 0 Å². The second-order valence-corrected chi connectivity index (χ2v) is 6.84. The Morgan fingerprint density at radius 1 is 1.04 bits per heavy atom. The minimum Gasteiger partial charge on any atom is -0.479 e. The van der Waals surface area contributed by atoms with Crippen molar-refractivity contribution in [3.63, 3.8) is 0 Å². The van der Waals surface area contributed by atoms with Crippen molar-refractivity contribution in [2.24, 2.45) is 5.41 Å². The van der Waals surface area contributed by atoms with Crippen LogP contribution in [0.25, 0.3) is 0 Å². The fraction of sp³-hybridized carbons (Fsp3) is 0.300. The summed E-state index contributed by atoms with van der Waals surface area (Å²) in [6.45, 7) is 7.04. The van der Waals surface area contributed by atoms with Crippen molar-refractivity contribution in [2.45, 2.75) is 33.8 Å². The monoisotopic (exact) mass is 343 g/mol. The first-order valence-corrected chi connectivity index (χ1v) is 8.05. The number of para-hydroxylation sites is 1. The van der Waals surface area contributed by atoms with E-state index in [1.807, 2.05) is 20.8 Å². The lowest BCUT2D eigenvalue weighted by molar-refractivity contribution is -0.123. The third-order valence-electron chi connectivity index (χ3n) is 3.62. The zero-order valence-electron chi connectivity index (χ0n) is 14.8. The number of nitrogens with one attached hydrogen (secondary N) is 1. The molecule has 0 aliphatic carbocycles. The molecule has 1 atom stereocenters. The van der Waals surface area contributed by atoms with Gasteiger partial charge >= 0.3 is 0 Å². The Hall–Kier alpha value is -2.69. The molecule has 4 nitrogen and oxygen atoms in total. The number of hydrogen-bond donors (Lipinski definition) is 1. The lowest BCUT2D eigenvalue weighted by atomic mass is 9.95. The van der Waals surface area contributed by atoms with E-state index in [0.29, 0.717) is 11.3 Å². The fourth-order valence-corrected chi connectivity index (χ4v) is 2.06. The highest BCUT2D eigenvalue weighted by Crippen LogP contribution is 2.20. The normalized spacial score (nSPS) is 12.4. The Balaban J connectivity index is 2.05. The Morgan fingerprint density at radius 2 is 1.64 bits per heavy atom. The van der Waals surface area contributed by atoms with Gasteiger partial charge in [-0.15, -0.1) is 0 Å². The van der Waals surface area contributed by atoms with Crippen LogP contribution >= 0.6 is 0 Å². The highest BCUT2D eigenvalue weighted by Gasteiger charge is 2.22. The predicted molar refractivity (Wildman–Crippen MR) is 95.3 cm³/mol. The largest absolute Gasteiger partial charge is 0.479 e. The molecule has 0 saturated carbocycles. The number of Topliss-reactive ketones (excluding diaryl/α,β-unsaturated/α-hetero) is 1. The second-order valence-electron chi connectivity index (χ2n) is 6.84. The molecule has 25 heavy (non-hydrogen) atoms. The van der Waals surface area contributed by atoms with E-state index in [1.54, 1.807) is 43.3 Å². The molecule has 132 valence electrons. The lowest BCUT2D eigenvalue weighted by Gasteiger charge is -2.18. The average Bonchev–Trinajstić information content (AvgIpc) is 2.56. The summed E-state index contributed by atoms with van der Waals surface area (Å²) in [5.41, 5.74) is 0.535. The summed E-state index contributed by atoms with van der Waals surface area (Å²) in [5, 5.41) is 2.79. The van der Waals surface area contributed by atoms with Gasteiger partial charge in [0.1, 0.15) is 0 Å². The number of rotatable bonds is 5. The van der Waals surface area contributed by atoms with Crippen LogP contribution in [0, 0.1) is 11.2 Å². The minimum atomic E-state index is -0.827. The Bertz CT molecular complexity index is 763. The van der Waals surface area contributed by atoms with Crippen LogP contribution in [-0.4, -0.2) is 17.8 Å². The quantitative estimate of drug-likeness (QED) is 0.816. The molecule has 0 spiro atoms. The van der Waals surface area contributed by atoms with E-state index in [2.05, 4.69) is 5.32 Å². The van der Waals surface area contributed by atoms with E-state index >= 15 is 0 Å². The third-order valence-corrected chi connectivity index (χ3v) is 3.62. The van der Waals surface area contributed by atoms with Gasteiger partial charge in [0.15, 0.2) is 17.7 Å². The number of benzene rings is 2. The highest BCUT2D eigenvalue weighted by molar-refractivity contribution is 6.00. The molecule has 2 rings (SSSR count). The molecule has 0 radical (unpaired) electrons. The average molecular weight is 343 g/mol. The smallest absolute Gasteiger partial charge is 0.229 e. The Morgan fingerprint density at radius 3 is 2.20 bits per heavy atom. The van der Waals surface area contributed by atoms with Gasteiger partial charge < -0.3 is 10.1 Å². The number of halogens is 1. The van der Waals surface area contributed by atoms with E-state index in [4.69, 9.17) is 4.74 Å². The van der Waals surface area contributed by atoms with Crippen molar-refractivity contribution in [2.75, 3.05) is 5.32 Å². The Labute approximate surface area is 147 Å². The van der Waals surface area contributed by atoms with Gasteiger partial charge in [0.2, 0.25) is 11.7 Å². The van der Waals surface area contributed by atoms with Crippen molar-refractivity contribution in [3.8, 4) is 5.75 Å². The SMILES string of the molecule is C[C@H](Oc1ccccc1F)C(=O)c1ccc(NC(=O)C(C)(C)C)cc1. The van der Waals surface area contributed by atoms with Crippen LogP contribution in [-0.2, 0) is 4.79 Å². The van der Waals surface area contributed by atoms with Crippen molar-refractivity contribution < 1.29 is 18.7 Å². The van der Waals surface area contributed by atoms with Crippen LogP contribution in [0.4, 0.5) is 10.1 Å². The maximum atomic E-state index is 13.6. The van der Waals surface area contributed by atoms with E-state index in [-0.39, 0.29) is 17.4 Å². The summed E-state index contributed by atoms with van der Waals surface area (Å²) < 4.78 is 19.0. The summed E-state index contributed by atoms with van der Waals surface area (Å²) in [5.74, 6) is -0.848. The molecule has 0 unspecified atom stereocenters. The molecule has 5 heteroatoms. The number of amides is 1. The molecule has 0 heterocycles. The fourth-order valence-electron chi connectivity index (χ4n) is 2.06. The molecule has 0 aliphatic rings. The van der Waals surface area contributed by atoms with Gasteiger partial charge in [-0.2, -0.15) is 0 Å². The van der Waals surface area contributed by atoms with E-state index in [0.717, 1.165) is 0 Å². The third kappa shape index (κ3) is 4.89. The highest BCUT2D eigenvalue weighted by atomic mass is 19.1. The molecule has 0 saturated heterocycles. The topological polar surface area (TPSA) is 55.4 Å². The number of carbonyl (C=O) groups excluding carboxylic acids is 2. The van der Waals surface area contributed by atoms with Gasteiger partial charge in [0, 0.05) is 16.7 Å². The molecule has 0 aromatic heterocycles. The standard InChI is InChI=1S/C20H22FNO3/c1-13(25-17-8-6-5-7-16(17)21)18(23)14-9-11-15(12-10-14)22-19(24)20(2,3)4/h5-13H,1-4H3,(H,22,24)/t13-/m0/s1. The molecule has 1 amide bonds. The van der Waals surface area contributed by atoms with E-state index in [9.17, 15) is 14.0 Å². The summed E-state index contributed by atoms with van der Waals surface area (Å²) in [6, 6.07) is 12.5. The van der Waals surface area contributed by atoms with Crippen LogP contribution in [0.2, 0.25) is 0 Å². The molecular weight excluding hydrogens is 321 g/mol. The zero-order valence-corrected chi connectivity index (χ0v) is 14.8. The van der Waals surface area contributed by atoms with Gasteiger partial charge in [-0.3, -0.25) is 9.59 Å². The molecule has 0 fully saturated rings. The molecule has 1 N–H and O–H groups in total. The number of anilines is 1. The lowest BCUT2D eigenvalue weighted by Crippen LogP contribution is -2.27. The number of carbonyl (C=O) groups is 2. The molecular formula is C20H22FNO3. The van der Waals surface area contributed by atoms with Crippen LogP contribution in [0.15, 0.2) is 48.5 Å². The maximum absolute atomic E-state index is 13.6. The van der Waals surface area contributed by atoms with Crippen LogP contribution in [0.5, 0.6) is 5.75 Å².